The summed E-state index contributed by atoms with van der Waals surface area (Å²) in [6, 6.07) is 7.21. The van der Waals surface area contributed by atoms with Crippen molar-refractivity contribution in [2.75, 3.05) is 65.0 Å². The third kappa shape index (κ3) is 5.70. The topological polar surface area (TPSA) is 89.6 Å². The van der Waals surface area contributed by atoms with E-state index in [4.69, 9.17) is 18.9 Å². The highest BCUT2D eigenvalue weighted by molar-refractivity contribution is 5.89. The molecule has 1 atom stereocenters. The van der Waals surface area contributed by atoms with Gasteiger partial charge in [-0.25, -0.2) is 4.79 Å². The maximum atomic E-state index is 12.7. The van der Waals surface area contributed by atoms with Gasteiger partial charge in [0.15, 0.2) is 0 Å². The fourth-order valence-electron chi connectivity index (χ4n) is 4.59. The SMILES string of the molecule is COc1cccc(NC(=O)N2CCC3(CC2)CC(OCC(=O)N2CCOCC2)CCO3)c1. The quantitative estimate of drug-likeness (QED) is 0.744. The van der Waals surface area contributed by atoms with Crippen molar-refractivity contribution in [2.24, 2.45) is 0 Å². The number of nitrogens with one attached hydrogen (secondary N) is 1. The normalized spacial score (nSPS) is 23.1. The van der Waals surface area contributed by atoms with E-state index in [9.17, 15) is 9.59 Å². The molecule has 3 amide bonds. The van der Waals surface area contributed by atoms with Crippen molar-refractivity contribution in [3.63, 3.8) is 0 Å². The van der Waals surface area contributed by atoms with E-state index in [1.807, 2.05) is 23.1 Å². The number of morpholine rings is 1. The first-order valence-electron chi connectivity index (χ1n) is 11.4. The summed E-state index contributed by atoms with van der Waals surface area (Å²) in [5.74, 6) is 0.729. The number of carbonyl (C=O) groups excluding carboxylic acids is 2. The number of benzene rings is 1. The van der Waals surface area contributed by atoms with Crippen LogP contribution < -0.4 is 10.1 Å². The van der Waals surface area contributed by atoms with Crippen molar-refractivity contribution in [1.29, 1.82) is 0 Å². The van der Waals surface area contributed by atoms with Gasteiger partial charge in [0.1, 0.15) is 12.4 Å². The number of rotatable bonds is 5. The maximum absolute atomic E-state index is 12.7. The zero-order valence-corrected chi connectivity index (χ0v) is 18.7. The third-order valence-corrected chi connectivity index (χ3v) is 6.54. The number of amides is 3. The second kappa shape index (κ2) is 10.5. The van der Waals surface area contributed by atoms with Crippen molar-refractivity contribution < 1.29 is 28.5 Å². The molecule has 1 unspecified atom stereocenters. The van der Waals surface area contributed by atoms with Crippen LogP contribution in [0.3, 0.4) is 0 Å². The Balaban J connectivity index is 1.24. The Morgan fingerprint density at radius 1 is 1.12 bits per heavy atom. The number of methoxy groups -OCH3 is 1. The summed E-state index contributed by atoms with van der Waals surface area (Å²) in [5, 5.41) is 2.94. The van der Waals surface area contributed by atoms with E-state index in [0.717, 1.165) is 25.7 Å². The summed E-state index contributed by atoms with van der Waals surface area (Å²) < 4.78 is 22.7. The molecule has 1 aromatic rings. The number of ether oxygens (including phenoxy) is 4. The van der Waals surface area contributed by atoms with Crippen LogP contribution in [0.2, 0.25) is 0 Å². The molecule has 1 N–H and O–H groups in total. The fourth-order valence-corrected chi connectivity index (χ4v) is 4.59. The first-order chi connectivity index (χ1) is 15.6. The summed E-state index contributed by atoms with van der Waals surface area (Å²) in [7, 11) is 1.60. The summed E-state index contributed by atoms with van der Waals surface area (Å²) in [6.45, 7) is 4.41. The number of likely N-dealkylation sites (tertiary alicyclic amines) is 1. The van der Waals surface area contributed by atoms with Crippen LogP contribution in [0.25, 0.3) is 0 Å². The molecule has 32 heavy (non-hydrogen) atoms. The van der Waals surface area contributed by atoms with Gasteiger partial charge in [-0.15, -0.1) is 0 Å². The van der Waals surface area contributed by atoms with Crippen LogP contribution >= 0.6 is 0 Å². The molecule has 0 bridgehead atoms. The number of piperidine rings is 1. The van der Waals surface area contributed by atoms with Crippen molar-refractivity contribution in [1.82, 2.24) is 9.80 Å². The first kappa shape index (κ1) is 22.8. The zero-order chi connectivity index (χ0) is 22.4. The second-order valence-corrected chi connectivity index (χ2v) is 8.60. The minimum Gasteiger partial charge on any atom is -0.497 e. The Morgan fingerprint density at radius 3 is 2.66 bits per heavy atom. The van der Waals surface area contributed by atoms with Crippen LogP contribution in [0, 0.1) is 0 Å². The predicted molar refractivity (Wildman–Crippen MR) is 118 cm³/mol. The Bertz CT molecular complexity index is 790. The van der Waals surface area contributed by atoms with Gasteiger partial charge in [0.05, 0.1) is 32.0 Å². The lowest BCUT2D eigenvalue weighted by atomic mass is 9.83. The molecule has 0 radical (unpaired) electrons. The minimum absolute atomic E-state index is 0.00546. The Morgan fingerprint density at radius 2 is 1.91 bits per heavy atom. The van der Waals surface area contributed by atoms with E-state index in [-0.39, 0.29) is 30.3 Å². The van der Waals surface area contributed by atoms with Crippen LogP contribution in [0.4, 0.5) is 10.5 Å². The lowest BCUT2D eigenvalue weighted by Crippen LogP contribution is -2.53. The first-order valence-corrected chi connectivity index (χ1v) is 11.4. The summed E-state index contributed by atoms with van der Waals surface area (Å²) in [4.78, 5) is 28.7. The van der Waals surface area contributed by atoms with Crippen LogP contribution in [-0.2, 0) is 19.0 Å². The number of urea groups is 1. The molecule has 1 aromatic carbocycles. The highest BCUT2D eigenvalue weighted by Gasteiger charge is 2.41. The van der Waals surface area contributed by atoms with E-state index >= 15 is 0 Å². The summed E-state index contributed by atoms with van der Waals surface area (Å²) in [5.41, 5.74) is 0.430. The van der Waals surface area contributed by atoms with E-state index in [2.05, 4.69) is 5.32 Å². The van der Waals surface area contributed by atoms with Gasteiger partial charge in [0, 0.05) is 51.0 Å². The Hall–Kier alpha value is -2.36. The number of nitrogens with zero attached hydrogens (tertiary/aromatic N) is 2. The lowest BCUT2D eigenvalue weighted by molar-refractivity contribution is -0.163. The molecule has 9 nitrogen and oxygen atoms in total. The van der Waals surface area contributed by atoms with Gasteiger partial charge in [-0.2, -0.15) is 0 Å². The standard InChI is InChI=1S/C23H33N3O6/c1-29-19-4-2-3-18(15-19)24-22(28)26-8-6-23(7-9-26)16-20(5-12-32-23)31-17-21(27)25-10-13-30-14-11-25/h2-4,15,20H,5-14,16-17H2,1H3,(H,24,28). The van der Waals surface area contributed by atoms with Gasteiger partial charge < -0.3 is 34.1 Å². The van der Waals surface area contributed by atoms with E-state index in [1.54, 1.807) is 18.1 Å². The van der Waals surface area contributed by atoms with Crippen LogP contribution in [0.15, 0.2) is 24.3 Å². The van der Waals surface area contributed by atoms with E-state index in [0.29, 0.717) is 57.4 Å². The van der Waals surface area contributed by atoms with Gasteiger partial charge in [0.2, 0.25) is 5.91 Å². The third-order valence-electron chi connectivity index (χ3n) is 6.54. The van der Waals surface area contributed by atoms with Gasteiger partial charge in [0.25, 0.3) is 0 Å². The van der Waals surface area contributed by atoms with Crippen molar-refractivity contribution >= 4 is 17.6 Å². The molecular formula is C23H33N3O6. The van der Waals surface area contributed by atoms with E-state index < -0.39 is 0 Å². The minimum atomic E-state index is -0.280. The van der Waals surface area contributed by atoms with Crippen LogP contribution in [0.1, 0.15) is 25.7 Å². The highest BCUT2D eigenvalue weighted by Crippen LogP contribution is 2.36. The highest BCUT2D eigenvalue weighted by atomic mass is 16.5. The Kier molecular flexibility index (Phi) is 7.49. The van der Waals surface area contributed by atoms with Gasteiger partial charge in [-0.3, -0.25) is 4.79 Å². The fraction of sp³-hybridized carbons (Fsp3) is 0.652. The maximum Gasteiger partial charge on any atom is 0.321 e. The predicted octanol–water partition coefficient (Wildman–Crippen LogP) is 2.12. The van der Waals surface area contributed by atoms with Gasteiger partial charge in [-0.05, 0) is 31.4 Å². The largest absolute Gasteiger partial charge is 0.497 e. The van der Waals surface area contributed by atoms with Gasteiger partial charge in [-0.1, -0.05) is 6.07 Å². The molecule has 9 heteroatoms. The number of carbonyl (C=O) groups is 2. The second-order valence-electron chi connectivity index (χ2n) is 8.60. The van der Waals surface area contributed by atoms with Crippen molar-refractivity contribution in [3.8, 4) is 5.75 Å². The molecule has 0 aliphatic carbocycles. The molecule has 3 aliphatic rings. The van der Waals surface area contributed by atoms with Crippen molar-refractivity contribution in [2.45, 2.75) is 37.4 Å². The summed E-state index contributed by atoms with van der Waals surface area (Å²) in [6.07, 6.45) is 3.07. The molecule has 176 valence electrons. The molecule has 0 saturated carbocycles. The molecule has 4 rings (SSSR count). The molecule has 3 saturated heterocycles. The number of hydrogen-bond donors (Lipinski definition) is 1. The zero-order valence-electron chi connectivity index (χ0n) is 18.7. The van der Waals surface area contributed by atoms with Crippen molar-refractivity contribution in [3.05, 3.63) is 24.3 Å². The monoisotopic (exact) mass is 447 g/mol. The molecule has 3 fully saturated rings. The smallest absolute Gasteiger partial charge is 0.321 e. The van der Waals surface area contributed by atoms with Gasteiger partial charge >= 0.3 is 6.03 Å². The summed E-state index contributed by atoms with van der Waals surface area (Å²) >= 11 is 0. The van der Waals surface area contributed by atoms with E-state index in [1.165, 1.54) is 0 Å². The molecule has 3 aliphatic heterocycles. The molecular weight excluding hydrogens is 414 g/mol. The number of anilines is 1. The molecule has 3 heterocycles. The van der Waals surface area contributed by atoms with Crippen LogP contribution in [-0.4, -0.2) is 93.2 Å². The molecule has 1 spiro atoms. The number of hydrogen-bond acceptors (Lipinski definition) is 6. The molecule has 0 aromatic heterocycles. The van der Waals surface area contributed by atoms with Crippen LogP contribution in [0.5, 0.6) is 5.75 Å². The Labute approximate surface area is 188 Å². The average molecular weight is 448 g/mol. The lowest BCUT2D eigenvalue weighted by Gasteiger charge is -2.46. The average Bonchev–Trinajstić information content (AvgIpc) is 2.84.